The molecule has 4 nitrogen and oxygen atoms in total. The summed E-state index contributed by atoms with van der Waals surface area (Å²) in [6.45, 7) is 0. The maximum Gasteiger partial charge on any atom is 0.341 e. The summed E-state index contributed by atoms with van der Waals surface area (Å²) in [4.78, 5) is 23.5. The highest BCUT2D eigenvalue weighted by atomic mass is 35.5. The number of nitrogens with one attached hydrogen (secondary N) is 1. The van der Waals surface area contributed by atoms with Crippen LogP contribution in [0.25, 0.3) is 11.1 Å². The highest BCUT2D eigenvalue weighted by molar-refractivity contribution is 7.21. The van der Waals surface area contributed by atoms with E-state index < -0.39 is 11.9 Å². The minimum Gasteiger partial charge on any atom is -0.465 e. The molecule has 0 aliphatic carbocycles. The molecule has 21 heavy (non-hydrogen) atoms. The number of ether oxygens (including phenoxy) is 1. The van der Waals surface area contributed by atoms with E-state index in [0.29, 0.717) is 14.9 Å². The van der Waals surface area contributed by atoms with Crippen LogP contribution in [-0.4, -0.2) is 24.9 Å². The van der Waals surface area contributed by atoms with Gasteiger partial charge in [-0.25, -0.2) is 4.79 Å². The van der Waals surface area contributed by atoms with Crippen LogP contribution in [0.3, 0.4) is 0 Å². The van der Waals surface area contributed by atoms with E-state index in [0.717, 1.165) is 16.9 Å². The molecule has 0 atom stereocenters. The minimum absolute atomic E-state index is 0.212. The number of amides is 1. The predicted molar refractivity (Wildman–Crippen MR) is 85.5 cm³/mol. The van der Waals surface area contributed by atoms with Crippen molar-refractivity contribution in [3.05, 3.63) is 40.2 Å². The molecule has 7 heteroatoms. The molecule has 0 radical (unpaired) electrons. The predicted octanol–water partition coefficient (Wildman–Crippen LogP) is 4.03. The number of rotatable bonds is 4. The van der Waals surface area contributed by atoms with Crippen molar-refractivity contribution in [3.8, 4) is 11.1 Å². The zero-order valence-corrected chi connectivity index (χ0v) is 13.3. The number of thiophene rings is 1. The maximum absolute atomic E-state index is 12.1. The molecule has 0 aliphatic rings. The van der Waals surface area contributed by atoms with E-state index in [1.807, 2.05) is 30.3 Å². The molecule has 0 aliphatic heterocycles. The smallest absolute Gasteiger partial charge is 0.341 e. The molecular weight excluding hydrogens is 333 g/mol. The van der Waals surface area contributed by atoms with Crippen molar-refractivity contribution in [2.24, 2.45) is 0 Å². The van der Waals surface area contributed by atoms with Crippen molar-refractivity contribution in [3.63, 3.8) is 0 Å². The van der Waals surface area contributed by atoms with Crippen molar-refractivity contribution in [2.75, 3.05) is 18.3 Å². The standard InChI is InChI=1S/C14H11Cl2NO3S/c1-20-14(19)11-10(8-5-3-2-4-6-8)12(16)21-13(11)17-9(18)7-15/h2-6H,7H2,1H3,(H,17,18). The zero-order chi connectivity index (χ0) is 15.4. The summed E-state index contributed by atoms with van der Waals surface area (Å²) < 4.78 is 5.19. The Morgan fingerprint density at radius 3 is 2.52 bits per heavy atom. The maximum atomic E-state index is 12.1. The second-order valence-corrected chi connectivity index (χ2v) is 5.88. The Labute approximate surface area is 135 Å². The van der Waals surface area contributed by atoms with Crippen molar-refractivity contribution in [2.45, 2.75) is 0 Å². The number of carbonyl (C=O) groups excluding carboxylic acids is 2. The Morgan fingerprint density at radius 1 is 1.29 bits per heavy atom. The van der Waals surface area contributed by atoms with Gasteiger partial charge in [0.05, 0.1) is 7.11 Å². The molecular formula is C14H11Cl2NO3S. The summed E-state index contributed by atoms with van der Waals surface area (Å²) in [5, 5.41) is 2.90. The first-order valence-electron chi connectivity index (χ1n) is 5.90. The Morgan fingerprint density at radius 2 is 1.95 bits per heavy atom. The molecule has 1 amide bonds. The Bertz CT molecular complexity index is 670. The van der Waals surface area contributed by atoms with Crippen molar-refractivity contribution in [1.82, 2.24) is 0 Å². The summed E-state index contributed by atoms with van der Waals surface area (Å²) in [6.07, 6.45) is 0. The van der Waals surface area contributed by atoms with Gasteiger partial charge in [0.15, 0.2) is 0 Å². The molecule has 0 unspecified atom stereocenters. The summed E-state index contributed by atoms with van der Waals surface area (Å²) >= 11 is 12.8. The second kappa shape index (κ2) is 6.93. The largest absolute Gasteiger partial charge is 0.465 e. The number of alkyl halides is 1. The van der Waals surface area contributed by atoms with Crippen LogP contribution < -0.4 is 5.32 Å². The summed E-state index contributed by atoms with van der Waals surface area (Å²) in [7, 11) is 1.27. The van der Waals surface area contributed by atoms with Crippen LogP contribution in [0.2, 0.25) is 4.34 Å². The third kappa shape index (κ3) is 3.37. The van der Waals surface area contributed by atoms with Gasteiger partial charge >= 0.3 is 5.97 Å². The van der Waals surface area contributed by atoms with Gasteiger partial charge in [-0.15, -0.1) is 22.9 Å². The number of hydrogen-bond acceptors (Lipinski definition) is 4. The molecule has 1 N–H and O–H groups in total. The SMILES string of the molecule is COC(=O)c1c(NC(=O)CCl)sc(Cl)c1-c1ccccc1. The molecule has 0 saturated carbocycles. The topological polar surface area (TPSA) is 55.4 Å². The number of benzene rings is 1. The summed E-state index contributed by atoms with van der Waals surface area (Å²) in [6, 6.07) is 9.18. The lowest BCUT2D eigenvalue weighted by molar-refractivity contribution is -0.113. The fourth-order valence-corrected chi connectivity index (χ4v) is 3.27. The normalized spacial score (nSPS) is 10.2. The van der Waals surface area contributed by atoms with E-state index in [9.17, 15) is 9.59 Å². The highest BCUT2D eigenvalue weighted by Crippen LogP contribution is 2.43. The van der Waals surface area contributed by atoms with Crippen LogP contribution in [0.1, 0.15) is 10.4 Å². The lowest BCUT2D eigenvalue weighted by Gasteiger charge is -2.06. The first-order valence-corrected chi connectivity index (χ1v) is 7.63. The van der Waals surface area contributed by atoms with Crippen LogP contribution >= 0.6 is 34.5 Å². The molecule has 1 aromatic heterocycles. The number of hydrogen-bond donors (Lipinski definition) is 1. The van der Waals surface area contributed by atoms with Gasteiger partial charge in [0.25, 0.3) is 0 Å². The molecule has 0 saturated heterocycles. The van der Waals surface area contributed by atoms with Crippen molar-refractivity contribution >= 4 is 51.4 Å². The van der Waals surface area contributed by atoms with Crippen LogP contribution in [0.15, 0.2) is 30.3 Å². The minimum atomic E-state index is -0.568. The Hall–Kier alpha value is -1.56. The van der Waals surface area contributed by atoms with Crippen LogP contribution in [0.5, 0.6) is 0 Å². The van der Waals surface area contributed by atoms with Crippen molar-refractivity contribution < 1.29 is 14.3 Å². The van der Waals surface area contributed by atoms with Gasteiger partial charge in [0.2, 0.25) is 5.91 Å². The third-order valence-electron chi connectivity index (χ3n) is 2.69. The van der Waals surface area contributed by atoms with Crippen LogP contribution in [-0.2, 0) is 9.53 Å². The monoisotopic (exact) mass is 343 g/mol. The van der Waals surface area contributed by atoms with E-state index >= 15 is 0 Å². The van der Waals surface area contributed by atoms with E-state index in [4.69, 9.17) is 27.9 Å². The van der Waals surface area contributed by atoms with Gasteiger partial charge in [0, 0.05) is 5.56 Å². The van der Waals surface area contributed by atoms with Gasteiger partial charge in [0.1, 0.15) is 20.8 Å². The number of anilines is 1. The molecule has 2 rings (SSSR count). The van der Waals surface area contributed by atoms with Gasteiger partial charge in [-0.3, -0.25) is 4.79 Å². The van der Waals surface area contributed by atoms with Gasteiger partial charge in [-0.05, 0) is 5.56 Å². The number of esters is 1. The second-order valence-electron chi connectivity index (χ2n) is 3.99. The number of methoxy groups -OCH3 is 1. The van der Waals surface area contributed by atoms with Crippen LogP contribution in [0, 0.1) is 0 Å². The van der Waals surface area contributed by atoms with Gasteiger partial charge in [-0.1, -0.05) is 41.9 Å². The van der Waals surface area contributed by atoms with Gasteiger partial charge in [-0.2, -0.15) is 0 Å². The molecule has 2 aromatic rings. The third-order valence-corrected chi connectivity index (χ3v) is 4.25. The highest BCUT2D eigenvalue weighted by Gasteiger charge is 2.25. The van der Waals surface area contributed by atoms with Crippen molar-refractivity contribution in [1.29, 1.82) is 0 Å². The number of carbonyl (C=O) groups is 2. The average Bonchev–Trinajstić information content (AvgIpc) is 2.83. The first-order chi connectivity index (χ1) is 10.1. The Kier molecular flexibility index (Phi) is 5.22. The van der Waals surface area contributed by atoms with E-state index in [2.05, 4.69) is 5.32 Å². The molecule has 1 heterocycles. The fourth-order valence-electron chi connectivity index (χ4n) is 1.81. The van der Waals surface area contributed by atoms with E-state index in [1.165, 1.54) is 7.11 Å². The first kappa shape index (κ1) is 15.8. The Balaban J connectivity index is 2.59. The summed E-state index contributed by atoms with van der Waals surface area (Å²) in [5.74, 6) is -1.20. The van der Waals surface area contributed by atoms with E-state index in [-0.39, 0.29) is 11.4 Å². The fraction of sp³-hybridized carbons (Fsp3) is 0.143. The number of halogens is 2. The lowest BCUT2D eigenvalue weighted by Crippen LogP contribution is -2.14. The molecule has 1 aromatic carbocycles. The molecule has 110 valence electrons. The average molecular weight is 344 g/mol. The lowest BCUT2D eigenvalue weighted by atomic mass is 10.0. The molecule has 0 bridgehead atoms. The zero-order valence-electron chi connectivity index (χ0n) is 11.0. The summed E-state index contributed by atoms with van der Waals surface area (Å²) in [5.41, 5.74) is 1.54. The molecule has 0 spiro atoms. The van der Waals surface area contributed by atoms with Crippen LogP contribution in [0.4, 0.5) is 5.00 Å². The van der Waals surface area contributed by atoms with Gasteiger partial charge < -0.3 is 10.1 Å². The quantitative estimate of drug-likeness (QED) is 0.673. The molecule has 0 fully saturated rings. The van der Waals surface area contributed by atoms with E-state index in [1.54, 1.807) is 0 Å².